The van der Waals surface area contributed by atoms with Crippen molar-refractivity contribution < 1.29 is 13.6 Å². The second kappa shape index (κ2) is 7.31. The highest BCUT2D eigenvalue weighted by molar-refractivity contribution is 9.09. The van der Waals surface area contributed by atoms with Crippen molar-refractivity contribution in [1.82, 2.24) is 5.32 Å². The van der Waals surface area contributed by atoms with E-state index < -0.39 is 11.6 Å². The molecule has 1 atom stereocenters. The summed E-state index contributed by atoms with van der Waals surface area (Å²) in [6, 6.07) is 13.2. The lowest BCUT2D eigenvalue weighted by molar-refractivity contribution is -0.120. The molecular formula is C16H14BrF2NO. The Hall–Kier alpha value is -1.75. The highest BCUT2D eigenvalue weighted by Gasteiger charge is 2.10. The number of carbonyl (C=O) groups is 1. The molecule has 110 valence electrons. The second-order valence-corrected chi connectivity index (χ2v) is 5.71. The summed E-state index contributed by atoms with van der Waals surface area (Å²) < 4.78 is 25.8. The molecule has 21 heavy (non-hydrogen) atoms. The normalized spacial score (nSPS) is 12.0. The van der Waals surface area contributed by atoms with Crippen molar-refractivity contribution in [2.75, 3.05) is 6.54 Å². The highest BCUT2D eigenvalue weighted by atomic mass is 79.9. The number of hydrogen-bond donors (Lipinski definition) is 1. The quantitative estimate of drug-likeness (QED) is 0.814. The molecule has 0 spiro atoms. The molecule has 0 aliphatic carbocycles. The maximum Gasteiger partial charge on any atom is 0.224 e. The zero-order chi connectivity index (χ0) is 15.2. The van der Waals surface area contributed by atoms with Crippen LogP contribution < -0.4 is 5.32 Å². The first-order chi connectivity index (χ1) is 10.1. The fourth-order valence-corrected chi connectivity index (χ4v) is 2.35. The van der Waals surface area contributed by atoms with Crippen molar-refractivity contribution in [1.29, 1.82) is 0 Å². The first kappa shape index (κ1) is 15.6. The third kappa shape index (κ3) is 4.63. The summed E-state index contributed by atoms with van der Waals surface area (Å²) in [4.78, 5) is 11.8. The van der Waals surface area contributed by atoms with Gasteiger partial charge in [-0.05, 0) is 23.3 Å². The molecule has 1 unspecified atom stereocenters. The Labute approximate surface area is 130 Å². The zero-order valence-corrected chi connectivity index (χ0v) is 12.7. The molecule has 0 aromatic heterocycles. The number of benzene rings is 2. The van der Waals surface area contributed by atoms with Gasteiger partial charge in [-0.2, -0.15) is 0 Å². The van der Waals surface area contributed by atoms with Crippen LogP contribution in [0.5, 0.6) is 0 Å². The van der Waals surface area contributed by atoms with Gasteiger partial charge in [-0.3, -0.25) is 4.79 Å². The van der Waals surface area contributed by atoms with Crippen LogP contribution in [-0.2, 0) is 11.2 Å². The Morgan fingerprint density at radius 3 is 2.48 bits per heavy atom. The van der Waals surface area contributed by atoms with Gasteiger partial charge in [-0.15, -0.1) is 0 Å². The van der Waals surface area contributed by atoms with Crippen molar-refractivity contribution in [2.45, 2.75) is 11.2 Å². The zero-order valence-electron chi connectivity index (χ0n) is 11.2. The van der Waals surface area contributed by atoms with Crippen molar-refractivity contribution >= 4 is 21.8 Å². The molecule has 2 nitrogen and oxygen atoms in total. The molecule has 0 bridgehead atoms. The molecule has 0 radical (unpaired) electrons. The summed E-state index contributed by atoms with van der Waals surface area (Å²) in [6.45, 7) is 0.423. The standard InChI is InChI=1S/C16H14BrF2NO/c17-13(12-4-2-1-3-5-12)10-20-16(21)9-11-6-7-14(18)15(19)8-11/h1-8,13H,9-10H2,(H,20,21). The van der Waals surface area contributed by atoms with Crippen LogP contribution in [0, 0.1) is 11.6 Å². The number of alkyl halides is 1. The maximum absolute atomic E-state index is 13.1. The number of carbonyl (C=O) groups excluding carboxylic acids is 1. The van der Waals surface area contributed by atoms with Crippen molar-refractivity contribution in [2.24, 2.45) is 0 Å². The van der Waals surface area contributed by atoms with Gasteiger partial charge in [0, 0.05) is 6.54 Å². The number of halogens is 3. The average Bonchev–Trinajstić information content (AvgIpc) is 2.49. The first-order valence-electron chi connectivity index (χ1n) is 6.46. The molecule has 2 aromatic carbocycles. The summed E-state index contributed by atoms with van der Waals surface area (Å²) >= 11 is 3.50. The van der Waals surface area contributed by atoms with Gasteiger partial charge in [-0.1, -0.05) is 52.3 Å². The second-order valence-electron chi connectivity index (χ2n) is 4.61. The monoisotopic (exact) mass is 353 g/mol. The molecule has 0 saturated heterocycles. The van der Waals surface area contributed by atoms with Crippen LogP contribution in [0.4, 0.5) is 8.78 Å². The smallest absolute Gasteiger partial charge is 0.224 e. The Bertz CT molecular complexity index is 619. The van der Waals surface area contributed by atoms with E-state index in [9.17, 15) is 13.6 Å². The fourth-order valence-electron chi connectivity index (χ4n) is 1.88. The van der Waals surface area contributed by atoms with E-state index in [2.05, 4.69) is 21.2 Å². The van der Waals surface area contributed by atoms with Crippen LogP contribution >= 0.6 is 15.9 Å². The lowest BCUT2D eigenvalue weighted by atomic mass is 10.1. The minimum atomic E-state index is -0.942. The molecular weight excluding hydrogens is 340 g/mol. The van der Waals surface area contributed by atoms with E-state index >= 15 is 0 Å². The van der Waals surface area contributed by atoms with Crippen LogP contribution in [0.1, 0.15) is 16.0 Å². The highest BCUT2D eigenvalue weighted by Crippen LogP contribution is 2.21. The Morgan fingerprint density at radius 2 is 1.81 bits per heavy atom. The van der Waals surface area contributed by atoms with E-state index in [4.69, 9.17) is 0 Å². The summed E-state index contributed by atoms with van der Waals surface area (Å²) in [5, 5.41) is 2.76. The molecule has 2 rings (SSSR count). The predicted octanol–water partition coefficient (Wildman–Crippen LogP) is 3.76. The molecule has 0 heterocycles. The van der Waals surface area contributed by atoms with Gasteiger partial charge in [-0.25, -0.2) is 8.78 Å². The van der Waals surface area contributed by atoms with Crippen LogP contribution in [-0.4, -0.2) is 12.5 Å². The molecule has 0 aliphatic heterocycles. The van der Waals surface area contributed by atoms with Gasteiger partial charge in [0.1, 0.15) is 0 Å². The molecule has 1 amide bonds. The third-order valence-corrected chi connectivity index (χ3v) is 3.84. The minimum absolute atomic E-state index is 0.00704. The summed E-state index contributed by atoms with van der Waals surface area (Å²) in [6.07, 6.45) is 0.0196. The fraction of sp³-hybridized carbons (Fsp3) is 0.188. The van der Waals surface area contributed by atoms with Crippen molar-refractivity contribution in [3.05, 3.63) is 71.3 Å². The van der Waals surface area contributed by atoms with Crippen LogP contribution in [0.3, 0.4) is 0 Å². The number of rotatable bonds is 5. The van der Waals surface area contributed by atoms with Gasteiger partial charge in [0.2, 0.25) is 5.91 Å². The molecule has 1 N–H and O–H groups in total. The van der Waals surface area contributed by atoms with Crippen LogP contribution in [0.25, 0.3) is 0 Å². The van der Waals surface area contributed by atoms with Crippen LogP contribution in [0.15, 0.2) is 48.5 Å². The predicted molar refractivity (Wildman–Crippen MR) is 81.2 cm³/mol. The maximum atomic E-state index is 13.1. The van der Waals surface area contributed by atoms with Gasteiger partial charge < -0.3 is 5.32 Å². The molecule has 0 fully saturated rings. The molecule has 2 aromatic rings. The van der Waals surface area contributed by atoms with Gasteiger partial charge in [0.05, 0.1) is 11.2 Å². The van der Waals surface area contributed by atoms with E-state index in [1.165, 1.54) is 6.07 Å². The number of nitrogens with one attached hydrogen (secondary N) is 1. The van der Waals surface area contributed by atoms with E-state index in [0.29, 0.717) is 12.1 Å². The topological polar surface area (TPSA) is 29.1 Å². The van der Waals surface area contributed by atoms with E-state index in [1.54, 1.807) is 0 Å². The van der Waals surface area contributed by atoms with Gasteiger partial charge in [0.15, 0.2) is 11.6 Å². The van der Waals surface area contributed by atoms with Gasteiger partial charge in [0.25, 0.3) is 0 Å². The summed E-state index contributed by atoms with van der Waals surface area (Å²) in [5.41, 5.74) is 1.50. The van der Waals surface area contributed by atoms with E-state index in [1.807, 2.05) is 30.3 Å². The molecule has 0 saturated carbocycles. The third-order valence-electron chi connectivity index (χ3n) is 2.99. The summed E-state index contributed by atoms with van der Waals surface area (Å²) in [7, 11) is 0. The molecule has 0 aliphatic rings. The van der Waals surface area contributed by atoms with Crippen molar-refractivity contribution in [3.63, 3.8) is 0 Å². The minimum Gasteiger partial charge on any atom is -0.354 e. The number of amides is 1. The Morgan fingerprint density at radius 1 is 1.10 bits per heavy atom. The largest absolute Gasteiger partial charge is 0.354 e. The molecule has 5 heteroatoms. The average molecular weight is 354 g/mol. The summed E-state index contributed by atoms with van der Waals surface area (Å²) in [5.74, 6) is -2.09. The Balaban J connectivity index is 1.86. The first-order valence-corrected chi connectivity index (χ1v) is 7.37. The van der Waals surface area contributed by atoms with Crippen molar-refractivity contribution in [3.8, 4) is 0 Å². The van der Waals surface area contributed by atoms with Crippen LogP contribution in [0.2, 0.25) is 0 Å². The SMILES string of the molecule is O=C(Cc1ccc(F)c(F)c1)NCC(Br)c1ccccc1. The van der Waals surface area contributed by atoms with E-state index in [0.717, 1.165) is 17.7 Å². The lowest BCUT2D eigenvalue weighted by Crippen LogP contribution is -2.28. The van der Waals surface area contributed by atoms with E-state index in [-0.39, 0.29) is 17.2 Å². The number of hydrogen-bond acceptors (Lipinski definition) is 1. The van der Waals surface area contributed by atoms with Gasteiger partial charge >= 0.3 is 0 Å². The lowest BCUT2D eigenvalue weighted by Gasteiger charge is -2.11. The Kier molecular flexibility index (Phi) is 5.44.